The number of hydrogen-bond donors (Lipinski definition) is 1. The van der Waals surface area contributed by atoms with Gasteiger partial charge in [-0.25, -0.2) is 9.97 Å². The van der Waals surface area contributed by atoms with E-state index in [2.05, 4.69) is 10.3 Å². The molecule has 1 N–H and O–H groups in total. The fraction of sp³-hybridized carbons (Fsp3) is 0.154. The minimum Gasteiger partial charge on any atom is -0.325 e. The van der Waals surface area contributed by atoms with Crippen LogP contribution in [0.1, 0.15) is 16.7 Å². The molecule has 0 unspecified atom stereocenters. The van der Waals surface area contributed by atoms with E-state index in [1.807, 2.05) is 74.5 Å². The highest BCUT2D eigenvalue weighted by Crippen LogP contribution is 2.30. The highest BCUT2D eigenvalue weighted by molar-refractivity contribution is 7.99. The summed E-state index contributed by atoms with van der Waals surface area (Å²) >= 11 is 2.62. The lowest BCUT2D eigenvalue weighted by molar-refractivity contribution is -0.113. The molecule has 0 spiro atoms. The number of nitrogens with zero attached hydrogens (tertiary/aromatic N) is 3. The third kappa shape index (κ3) is 4.47. The van der Waals surface area contributed by atoms with Crippen molar-refractivity contribution < 1.29 is 4.79 Å². The van der Waals surface area contributed by atoms with Crippen LogP contribution in [-0.2, 0) is 11.3 Å². The van der Waals surface area contributed by atoms with E-state index in [4.69, 9.17) is 4.98 Å². The second-order valence-electron chi connectivity index (χ2n) is 8.06. The summed E-state index contributed by atoms with van der Waals surface area (Å²) in [4.78, 5) is 36.3. The van der Waals surface area contributed by atoms with E-state index in [1.54, 1.807) is 10.8 Å². The predicted molar refractivity (Wildman–Crippen MR) is 140 cm³/mol. The molecule has 8 heteroatoms. The molecule has 0 radical (unpaired) electrons. The standard InChI is InChI=1S/C26H22N4O2S2/c1-16-9-11-18(12-10-16)14-30-25(32)23-22(19-7-5-13-27-24(19)34-23)29-26(30)33-15-21(31)28-20-8-4-3-6-17(20)2/h3-13H,14-15H2,1-2H3,(H,28,31). The van der Waals surface area contributed by atoms with Crippen LogP contribution in [-0.4, -0.2) is 26.2 Å². The number of anilines is 1. The zero-order valence-electron chi connectivity index (χ0n) is 18.7. The topological polar surface area (TPSA) is 76.9 Å². The molecule has 3 heterocycles. The van der Waals surface area contributed by atoms with Crippen LogP contribution in [0, 0.1) is 13.8 Å². The van der Waals surface area contributed by atoms with E-state index in [9.17, 15) is 9.59 Å². The van der Waals surface area contributed by atoms with E-state index in [0.717, 1.165) is 32.6 Å². The first-order chi connectivity index (χ1) is 16.5. The third-order valence-electron chi connectivity index (χ3n) is 5.53. The number of thiophene rings is 1. The van der Waals surface area contributed by atoms with Crippen molar-refractivity contribution in [2.45, 2.75) is 25.5 Å². The van der Waals surface area contributed by atoms with Gasteiger partial charge in [-0.1, -0.05) is 59.8 Å². The number of para-hydroxylation sites is 1. The summed E-state index contributed by atoms with van der Waals surface area (Å²) in [6.07, 6.45) is 1.72. The van der Waals surface area contributed by atoms with Crippen LogP contribution < -0.4 is 10.9 Å². The average Bonchev–Trinajstić information content (AvgIpc) is 3.21. The number of carbonyl (C=O) groups excluding carboxylic acids is 1. The van der Waals surface area contributed by atoms with Gasteiger partial charge in [-0.15, -0.1) is 11.3 Å². The van der Waals surface area contributed by atoms with Crippen molar-refractivity contribution in [3.8, 4) is 0 Å². The molecule has 0 aliphatic heterocycles. The van der Waals surface area contributed by atoms with E-state index in [0.29, 0.717) is 21.9 Å². The number of thioether (sulfide) groups is 1. The Balaban J connectivity index is 1.51. The number of nitrogens with one attached hydrogen (secondary N) is 1. The first-order valence-electron chi connectivity index (χ1n) is 10.8. The van der Waals surface area contributed by atoms with Crippen LogP contribution >= 0.6 is 23.1 Å². The van der Waals surface area contributed by atoms with E-state index in [1.165, 1.54) is 23.1 Å². The molecule has 1 amide bonds. The van der Waals surface area contributed by atoms with Gasteiger partial charge in [0.05, 0.1) is 17.8 Å². The van der Waals surface area contributed by atoms with Crippen LogP contribution in [0.25, 0.3) is 20.4 Å². The average molecular weight is 487 g/mol. The second kappa shape index (κ2) is 9.40. The smallest absolute Gasteiger partial charge is 0.272 e. The van der Waals surface area contributed by atoms with Crippen LogP contribution in [0.3, 0.4) is 0 Å². The summed E-state index contributed by atoms with van der Waals surface area (Å²) in [5.74, 6) is -0.00657. The highest BCUT2D eigenvalue weighted by atomic mass is 32.2. The van der Waals surface area contributed by atoms with Crippen molar-refractivity contribution in [1.82, 2.24) is 14.5 Å². The lowest BCUT2D eigenvalue weighted by atomic mass is 10.1. The summed E-state index contributed by atoms with van der Waals surface area (Å²) in [5.41, 5.74) is 4.45. The molecule has 5 rings (SSSR count). The lowest BCUT2D eigenvalue weighted by Gasteiger charge is -2.13. The summed E-state index contributed by atoms with van der Waals surface area (Å²) < 4.78 is 2.24. The number of benzene rings is 2. The largest absolute Gasteiger partial charge is 0.325 e. The molecule has 3 aromatic heterocycles. The predicted octanol–water partition coefficient (Wildman–Crippen LogP) is 5.40. The zero-order chi connectivity index (χ0) is 23.7. The number of aromatic nitrogens is 3. The van der Waals surface area contributed by atoms with Gasteiger partial charge in [0.25, 0.3) is 5.56 Å². The molecule has 2 aromatic carbocycles. The summed E-state index contributed by atoms with van der Waals surface area (Å²) in [7, 11) is 0. The minimum absolute atomic E-state index is 0.115. The molecular formula is C26H22N4O2S2. The Morgan fingerprint density at radius 3 is 2.65 bits per heavy atom. The molecule has 0 saturated heterocycles. The summed E-state index contributed by atoms with van der Waals surface area (Å²) in [6, 6.07) is 19.5. The van der Waals surface area contributed by atoms with E-state index < -0.39 is 0 Å². The van der Waals surface area contributed by atoms with Crippen LogP contribution in [0.2, 0.25) is 0 Å². The quantitative estimate of drug-likeness (QED) is 0.257. The molecule has 0 saturated carbocycles. The fourth-order valence-electron chi connectivity index (χ4n) is 3.70. The van der Waals surface area contributed by atoms with Crippen molar-refractivity contribution >= 4 is 55.1 Å². The Morgan fingerprint density at radius 2 is 1.85 bits per heavy atom. The molecule has 170 valence electrons. The Hall–Kier alpha value is -3.49. The van der Waals surface area contributed by atoms with Gasteiger partial charge in [-0.2, -0.15) is 0 Å². The van der Waals surface area contributed by atoms with Crippen molar-refractivity contribution in [2.24, 2.45) is 0 Å². The van der Waals surface area contributed by atoms with E-state index in [-0.39, 0.29) is 17.2 Å². The van der Waals surface area contributed by atoms with Gasteiger partial charge in [0.1, 0.15) is 9.53 Å². The molecule has 0 atom stereocenters. The van der Waals surface area contributed by atoms with Crippen molar-refractivity contribution in [3.05, 3.63) is 93.9 Å². The molecule has 0 fully saturated rings. The first kappa shape index (κ1) is 22.3. The maximum atomic E-state index is 13.6. The third-order valence-corrected chi connectivity index (χ3v) is 7.60. The van der Waals surface area contributed by atoms with Crippen molar-refractivity contribution in [2.75, 3.05) is 11.1 Å². The Labute approximate surface area is 204 Å². The normalized spacial score (nSPS) is 11.2. The Bertz CT molecular complexity index is 1570. The SMILES string of the molecule is Cc1ccc(Cn2c(SCC(=O)Nc3ccccc3C)nc3c(sc4ncccc43)c2=O)cc1. The number of aryl methyl sites for hydroxylation is 2. The van der Waals surface area contributed by atoms with Crippen LogP contribution in [0.4, 0.5) is 5.69 Å². The molecule has 34 heavy (non-hydrogen) atoms. The first-order valence-corrected chi connectivity index (χ1v) is 12.6. The highest BCUT2D eigenvalue weighted by Gasteiger charge is 2.18. The molecule has 0 aliphatic rings. The number of rotatable bonds is 6. The number of carbonyl (C=O) groups is 1. The van der Waals surface area contributed by atoms with E-state index >= 15 is 0 Å². The van der Waals surface area contributed by atoms with Crippen molar-refractivity contribution in [1.29, 1.82) is 0 Å². The van der Waals surface area contributed by atoms with Gasteiger partial charge < -0.3 is 5.32 Å². The second-order valence-corrected chi connectivity index (χ2v) is 10.0. The van der Waals surface area contributed by atoms with Gasteiger partial charge in [0, 0.05) is 17.3 Å². The van der Waals surface area contributed by atoms with Gasteiger partial charge in [-0.05, 0) is 43.2 Å². The van der Waals surface area contributed by atoms with Crippen LogP contribution in [0.5, 0.6) is 0 Å². The minimum atomic E-state index is -0.146. The maximum absolute atomic E-state index is 13.6. The number of pyridine rings is 1. The Kier molecular flexibility index (Phi) is 6.17. The summed E-state index contributed by atoms with van der Waals surface area (Å²) in [5, 5.41) is 4.32. The zero-order valence-corrected chi connectivity index (χ0v) is 20.4. The molecule has 0 bridgehead atoms. The molecule has 6 nitrogen and oxygen atoms in total. The van der Waals surface area contributed by atoms with Crippen molar-refractivity contribution in [3.63, 3.8) is 0 Å². The molecular weight excluding hydrogens is 464 g/mol. The number of hydrogen-bond acceptors (Lipinski definition) is 6. The summed E-state index contributed by atoms with van der Waals surface area (Å²) in [6.45, 7) is 4.36. The van der Waals surface area contributed by atoms with Gasteiger partial charge in [-0.3, -0.25) is 14.2 Å². The maximum Gasteiger partial charge on any atom is 0.272 e. The fourth-order valence-corrected chi connectivity index (χ4v) is 5.52. The molecule has 5 aromatic rings. The Morgan fingerprint density at radius 1 is 1.06 bits per heavy atom. The monoisotopic (exact) mass is 486 g/mol. The van der Waals surface area contributed by atoms with Gasteiger partial charge in [0.15, 0.2) is 5.16 Å². The van der Waals surface area contributed by atoms with Crippen LogP contribution in [0.15, 0.2) is 76.8 Å². The number of amides is 1. The van der Waals surface area contributed by atoms with Gasteiger partial charge in [0.2, 0.25) is 5.91 Å². The van der Waals surface area contributed by atoms with Gasteiger partial charge >= 0.3 is 0 Å². The molecule has 0 aliphatic carbocycles. The number of fused-ring (bicyclic) bond motifs is 3. The lowest BCUT2D eigenvalue weighted by Crippen LogP contribution is -2.24.